The second kappa shape index (κ2) is 5.16. The molecule has 5 heteroatoms. The molecular formula is C16H12F2O3. The van der Waals surface area contributed by atoms with Gasteiger partial charge in [0.1, 0.15) is 23.1 Å². The highest BCUT2D eigenvalue weighted by atomic mass is 19.1. The Bertz CT molecular complexity index is 664. The molecule has 3 nitrogen and oxygen atoms in total. The van der Waals surface area contributed by atoms with E-state index in [1.54, 1.807) is 12.1 Å². The first-order chi connectivity index (χ1) is 10.1. The van der Waals surface area contributed by atoms with Crippen molar-refractivity contribution in [3.8, 4) is 11.5 Å². The van der Waals surface area contributed by atoms with E-state index in [0.29, 0.717) is 12.2 Å². The van der Waals surface area contributed by atoms with Gasteiger partial charge in [0.2, 0.25) is 5.78 Å². The fourth-order valence-electron chi connectivity index (χ4n) is 2.39. The van der Waals surface area contributed by atoms with Gasteiger partial charge in [-0.25, -0.2) is 8.78 Å². The van der Waals surface area contributed by atoms with E-state index < -0.39 is 29.1 Å². The summed E-state index contributed by atoms with van der Waals surface area (Å²) in [4.78, 5) is 12.3. The van der Waals surface area contributed by atoms with Crippen molar-refractivity contribution in [1.29, 1.82) is 0 Å². The van der Waals surface area contributed by atoms with Crippen molar-refractivity contribution < 1.29 is 23.0 Å². The lowest BCUT2D eigenvalue weighted by Gasteiger charge is -2.12. The van der Waals surface area contributed by atoms with Crippen LogP contribution >= 0.6 is 0 Å². The normalized spacial score (nSPS) is 16.2. The Kier molecular flexibility index (Phi) is 3.33. The van der Waals surface area contributed by atoms with Crippen LogP contribution in [0.1, 0.15) is 15.9 Å². The first kappa shape index (κ1) is 13.5. The molecule has 108 valence electrons. The molecular weight excluding hydrogens is 278 g/mol. The first-order valence-electron chi connectivity index (χ1n) is 6.42. The van der Waals surface area contributed by atoms with Crippen LogP contribution in [-0.2, 0) is 6.42 Å². The van der Waals surface area contributed by atoms with Gasteiger partial charge in [-0.05, 0) is 11.6 Å². The Hall–Kier alpha value is -2.43. The summed E-state index contributed by atoms with van der Waals surface area (Å²) in [6.07, 6.45) is -0.597. The Morgan fingerprint density at radius 3 is 2.52 bits per heavy atom. The smallest absolute Gasteiger partial charge is 0.209 e. The molecule has 1 heterocycles. The van der Waals surface area contributed by atoms with Gasteiger partial charge < -0.3 is 9.47 Å². The lowest BCUT2D eigenvalue weighted by atomic mass is 10.0. The zero-order valence-corrected chi connectivity index (χ0v) is 11.2. The lowest BCUT2D eigenvalue weighted by Crippen LogP contribution is -2.27. The highest BCUT2D eigenvalue weighted by Crippen LogP contribution is 2.31. The molecule has 0 spiro atoms. The molecule has 0 N–H and O–H groups in total. The third-order valence-electron chi connectivity index (χ3n) is 3.44. The molecule has 1 aliphatic rings. The molecule has 0 radical (unpaired) electrons. The predicted octanol–water partition coefficient (Wildman–Crippen LogP) is 3.16. The lowest BCUT2D eigenvalue weighted by molar-refractivity contribution is 0.0815. The number of halogens is 2. The van der Waals surface area contributed by atoms with Crippen molar-refractivity contribution in [2.45, 2.75) is 12.5 Å². The summed E-state index contributed by atoms with van der Waals surface area (Å²) in [6, 6.07) is 9.12. The minimum absolute atomic E-state index is 0.0252. The number of ether oxygens (including phenoxy) is 2. The summed E-state index contributed by atoms with van der Waals surface area (Å²) >= 11 is 0. The minimum Gasteiger partial charge on any atom is -0.497 e. The Balaban J connectivity index is 1.91. The van der Waals surface area contributed by atoms with Crippen molar-refractivity contribution in [2.24, 2.45) is 0 Å². The van der Waals surface area contributed by atoms with Crippen LogP contribution in [0.15, 0.2) is 36.4 Å². The van der Waals surface area contributed by atoms with Crippen LogP contribution in [0.3, 0.4) is 0 Å². The first-order valence-corrected chi connectivity index (χ1v) is 6.42. The fourth-order valence-corrected chi connectivity index (χ4v) is 2.39. The molecule has 0 bridgehead atoms. The third-order valence-corrected chi connectivity index (χ3v) is 3.44. The maximum absolute atomic E-state index is 13.9. The van der Waals surface area contributed by atoms with Gasteiger partial charge in [-0.1, -0.05) is 18.2 Å². The van der Waals surface area contributed by atoms with Gasteiger partial charge in [0.05, 0.1) is 12.7 Å². The monoisotopic (exact) mass is 290 g/mol. The number of hydrogen-bond donors (Lipinski definition) is 0. The molecule has 0 saturated heterocycles. The fraction of sp³-hybridized carbons (Fsp3) is 0.188. The van der Waals surface area contributed by atoms with Crippen LogP contribution in [0.2, 0.25) is 0 Å². The van der Waals surface area contributed by atoms with E-state index in [2.05, 4.69) is 0 Å². The number of carbonyl (C=O) groups is 1. The highest BCUT2D eigenvalue weighted by Gasteiger charge is 2.33. The van der Waals surface area contributed by atoms with Crippen molar-refractivity contribution in [3.05, 3.63) is 59.2 Å². The maximum Gasteiger partial charge on any atom is 0.209 e. The van der Waals surface area contributed by atoms with Crippen molar-refractivity contribution in [2.75, 3.05) is 7.11 Å². The van der Waals surface area contributed by atoms with Crippen LogP contribution < -0.4 is 9.47 Å². The number of methoxy groups -OCH3 is 1. The topological polar surface area (TPSA) is 35.5 Å². The average Bonchev–Trinajstić information content (AvgIpc) is 2.90. The van der Waals surface area contributed by atoms with Crippen molar-refractivity contribution in [1.82, 2.24) is 0 Å². The van der Waals surface area contributed by atoms with Gasteiger partial charge in [-0.3, -0.25) is 4.79 Å². The SMILES string of the molecule is COc1cc(F)c(C(=O)C2Cc3ccccc3O2)c(F)c1. The number of ketones is 1. The summed E-state index contributed by atoms with van der Waals surface area (Å²) in [6.45, 7) is 0. The van der Waals surface area contributed by atoms with E-state index in [1.165, 1.54) is 7.11 Å². The number of para-hydroxylation sites is 1. The van der Waals surface area contributed by atoms with Crippen LogP contribution in [0.25, 0.3) is 0 Å². The summed E-state index contributed by atoms with van der Waals surface area (Å²) in [5, 5.41) is 0. The predicted molar refractivity (Wildman–Crippen MR) is 71.8 cm³/mol. The van der Waals surface area contributed by atoms with E-state index in [4.69, 9.17) is 9.47 Å². The molecule has 3 rings (SSSR count). The zero-order chi connectivity index (χ0) is 15.0. The standard InChI is InChI=1S/C16H12F2O3/c1-20-10-7-11(17)15(12(18)8-10)16(19)14-6-9-4-2-3-5-13(9)21-14/h2-5,7-8,14H,6H2,1H3. The van der Waals surface area contributed by atoms with Crippen LogP contribution in [0.4, 0.5) is 8.78 Å². The van der Waals surface area contributed by atoms with Crippen molar-refractivity contribution in [3.63, 3.8) is 0 Å². The summed E-state index contributed by atoms with van der Waals surface area (Å²) < 4.78 is 38.1. The Morgan fingerprint density at radius 1 is 1.24 bits per heavy atom. The quantitative estimate of drug-likeness (QED) is 0.815. The van der Waals surface area contributed by atoms with E-state index in [9.17, 15) is 13.6 Å². The number of benzene rings is 2. The largest absolute Gasteiger partial charge is 0.497 e. The maximum atomic E-state index is 13.9. The number of fused-ring (bicyclic) bond motifs is 1. The molecule has 2 aromatic rings. The zero-order valence-electron chi connectivity index (χ0n) is 11.2. The number of rotatable bonds is 3. The van der Waals surface area contributed by atoms with Crippen molar-refractivity contribution >= 4 is 5.78 Å². The van der Waals surface area contributed by atoms with Gasteiger partial charge in [0.25, 0.3) is 0 Å². The molecule has 2 aromatic carbocycles. The number of carbonyl (C=O) groups excluding carboxylic acids is 1. The molecule has 0 fully saturated rings. The molecule has 0 saturated carbocycles. The van der Waals surface area contributed by atoms with Gasteiger partial charge in [-0.15, -0.1) is 0 Å². The second-order valence-corrected chi connectivity index (χ2v) is 4.75. The molecule has 0 aromatic heterocycles. The number of Topliss-reactive ketones (excluding diaryl/α,β-unsaturated/α-hetero) is 1. The van der Waals surface area contributed by atoms with Crippen LogP contribution in [0, 0.1) is 11.6 Å². The summed E-state index contributed by atoms with van der Waals surface area (Å²) in [5.41, 5.74) is 0.263. The van der Waals surface area contributed by atoms with Gasteiger partial charge >= 0.3 is 0 Å². The van der Waals surface area contributed by atoms with Gasteiger partial charge in [-0.2, -0.15) is 0 Å². The van der Waals surface area contributed by atoms with Crippen LogP contribution in [-0.4, -0.2) is 19.0 Å². The molecule has 0 amide bonds. The number of hydrogen-bond acceptors (Lipinski definition) is 3. The Labute approximate surface area is 120 Å². The second-order valence-electron chi connectivity index (χ2n) is 4.75. The third kappa shape index (κ3) is 2.35. The Morgan fingerprint density at radius 2 is 1.90 bits per heavy atom. The molecule has 0 aliphatic carbocycles. The molecule has 1 aliphatic heterocycles. The highest BCUT2D eigenvalue weighted by molar-refractivity contribution is 6.00. The molecule has 1 unspecified atom stereocenters. The van der Waals surface area contributed by atoms with Gasteiger partial charge in [0, 0.05) is 18.6 Å². The van der Waals surface area contributed by atoms with E-state index in [0.717, 1.165) is 17.7 Å². The van der Waals surface area contributed by atoms with Gasteiger partial charge in [0.15, 0.2) is 6.10 Å². The minimum atomic E-state index is -0.948. The summed E-state index contributed by atoms with van der Waals surface area (Å²) in [7, 11) is 1.30. The van der Waals surface area contributed by atoms with E-state index in [1.807, 2.05) is 12.1 Å². The molecule has 21 heavy (non-hydrogen) atoms. The van der Waals surface area contributed by atoms with E-state index >= 15 is 0 Å². The average molecular weight is 290 g/mol. The molecule has 1 atom stereocenters. The van der Waals surface area contributed by atoms with E-state index in [-0.39, 0.29) is 5.75 Å². The van der Waals surface area contributed by atoms with Crippen LogP contribution in [0.5, 0.6) is 11.5 Å². The summed E-state index contributed by atoms with van der Waals surface area (Å²) in [5.74, 6) is -2.00.